The minimum atomic E-state index is 0.430. The molecule has 0 aliphatic carbocycles. The zero-order valence-electron chi connectivity index (χ0n) is 9.87. The van der Waals surface area contributed by atoms with E-state index >= 15 is 0 Å². The van der Waals surface area contributed by atoms with Gasteiger partial charge in [-0.2, -0.15) is 0 Å². The lowest BCUT2D eigenvalue weighted by Gasteiger charge is -2.19. The van der Waals surface area contributed by atoms with Gasteiger partial charge in [0.15, 0.2) is 5.95 Å². The van der Waals surface area contributed by atoms with Crippen LogP contribution in [0.1, 0.15) is 5.56 Å². The molecule has 0 saturated carbocycles. The molecule has 2 aromatic rings. The summed E-state index contributed by atoms with van der Waals surface area (Å²) >= 11 is 3.56. The minimum absolute atomic E-state index is 0.430. The fourth-order valence-corrected chi connectivity index (χ4v) is 2.64. The van der Waals surface area contributed by atoms with Crippen molar-refractivity contribution in [3.63, 3.8) is 0 Å². The summed E-state index contributed by atoms with van der Waals surface area (Å²) in [6, 6.07) is 1.95. The highest BCUT2D eigenvalue weighted by Gasteiger charge is 2.14. The van der Waals surface area contributed by atoms with Gasteiger partial charge in [-0.3, -0.25) is 15.4 Å². The zero-order valence-corrected chi connectivity index (χ0v) is 11.5. The van der Waals surface area contributed by atoms with E-state index in [-0.39, 0.29) is 0 Å². The molecule has 0 unspecified atom stereocenters. The smallest absolute Gasteiger partial charge is 0.198 e. The number of aromatic amines is 1. The summed E-state index contributed by atoms with van der Waals surface area (Å²) in [5, 5.41) is 1.96. The molecule has 1 aromatic carbocycles. The number of anilines is 2. The average molecular weight is 309 g/mol. The van der Waals surface area contributed by atoms with Crippen molar-refractivity contribution < 1.29 is 0 Å². The number of halogens is 1. The number of hydrazine groups is 1. The average Bonchev–Trinajstić information content (AvgIpc) is 2.93. The largest absolute Gasteiger partial charge is 0.369 e. The summed E-state index contributed by atoms with van der Waals surface area (Å²) in [5.41, 5.74) is 12.9. The Labute approximate surface area is 112 Å². The SMILES string of the molecule is Cc1c(NN2C=NCC2)c(Br)cc2nc(N)[nH]c12. The van der Waals surface area contributed by atoms with Crippen LogP contribution in [0, 0.1) is 6.92 Å². The number of nitrogens with one attached hydrogen (secondary N) is 2. The van der Waals surface area contributed by atoms with Crippen LogP contribution >= 0.6 is 15.9 Å². The molecule has 1 aliphatic rings. The summed E-state index contributed by atoms with van der Waals surface area (Å²) in [6.07, 6.45) is 1.80. The van der Waals surface area contributed by atoms with Crippen LogP contribution in [0.25, 0.3) is 11.0 Å². The number of imidazole rings is 1. The summed E-state index contributed by atoms with van der Waals surface area (Å²) in [4.78, 5) is 11.5. The molecule has 2 heterocycles. The first-order chi connectivity index (χ1) is 8.65. The Hall–Kier alpha value is -1.76. The summed E-state index contributed by atoms with van der Waals surface area (Å²) < 4.78 is 0.958. The highest BCUT2D eigenvalue weighted by Crippen LogP contribution is 2.32. The van der Waals surface area contributed by atoms with E-state index in [0.717, 1.165) is 39.8 Å². The van der Waals surface area contributed by atoms with Gasteiger partial charge in [-0.25, -0.2) is 4.98 Å². The van der Waals surface area contributed by atoms with Crippen LogP contribution in [-0.2, 0) is 0 Å². The van der Waals surface area contributed by atoms with Gasteiger partial charge in [0.25, 0.3) is 0 Å². The Balaban J connectivity index is 2.07. The molecule has 1 aliphatic heterocycles. The van der Waals surface area contributed by atoms with Crippen LogP contribution in [0.4, 0.5) is 11.6 Å². The highest BCUT2D eigenvalue weighted by molar-refractivity contribution is 9.10. The zero-order chi connectivity index (χ0) is 12.7. The van der Waals surface area contributed by atoms with E-state index in [1.807, 2.05) is 18.0 Å². The second-order valence-corrected chi connectivity index (χ2v) is 5.06. The Morgan fingerprint density at radius 1 is 1.56 bits per heavy atom. The molecule has 1 aromatic heterocycles. The Bertz CT molecular complexity index is 632. The Morgan fingerprint density at radius 3 is 3.11 bits per heavy atom. The fraction of sp³-hybridized carbons (Fsp3) is 0.273. The molecule has 94 valence electrons. The summed E-state index contributed by atoms with van der Waals surface area (Å²) in [7, 11) is 0. The Morgan fingerprint density at radius 2 is 2.39 bits per heavy atom. The minimum Gasteiger partial charge on any atom is -0.369 e. The number of hydrogen-bond acceptors (Lipinski definition) is 5. The predicted octanol–water partition coefficient (Wildman–Crippen LogP) is 1.89. The monoisotopic (exact) mass is 308 g/mol. The quantitative estimate of drug-likeness (QED) is 0.791. The van der Waals surface area contributed by atoms with Crippen LogP contribution in [0.3, 0.4) is 0 Å². The number of hydrogen-bond donors (Lipinski definition) is 3. The van der Waals surface area contributed by atoms with Gasteiger partial charge in [0.2, 0.25) is 0 Å². The van der Waals surface area contributed by atoms with Crippen molar-refractivity contribution in [2.75, 3.05) is 24.2 Å². The number of benzene rings is 1. The molecule has 0 saturated heterocycles. The van der Waals surface area contributed by atoms with E-state index in [1.54, 1.807) is 6.34 Å². The van der Waals surface area contributed by atoms with Gasteiger partial charge >= 0.3 is 0 Å². The molecule has 0 amide bonds. The number of aromatic nitrogens is 2. The van der Waals surface area contributed by atoms with Crippen LogP contribution in [0.5, 0.6) is 0 Å². The van der Waals surface area contributed by atoms with Crippen molar-refractivity contribution in [2.24, 2.45) is 4.99 Å². The molecule has 4 N–H and O–H groups in total. The van der Waals surface area contributed by atoms with Gasteiger partial charge in [0, 0.05) is 10.0 Å². The predicted molar refractivity (Wildman–Crippen MR) is 76.6 cm³/mol. The van der Waals surface area contributed by atoms with Crippen LogP contribution in [0.2, 0.25) is 0 Å². The lowest BCUT2D eigenvalue weighted by atomic mass is 10.1. The van der Waals surface area contributed by atoms with Crippen molar-refractivity contribution in [2.45, 2.75) is 6.92 Å². The molecule has 3 rings (SSSR count). The van der Waals surface area contributed by atoms with E-state index in [4.69, 9.17) is 5.73 Å². The maximum Gasteiger partial charge on any atom is 0.198 e. The molecule has 6 nitrogen and oxygen atoms in total. The van der Waals surface area contributed by atoms with Gasteiger partial charge in [-0.15, -0.1) is 0 Å². The van der Waals surface area contributed by atoms with Gasteiger partial charge in [0.1, 0.15) is 6.34 Å². The van der Waals surface area contributed by atoms with Crippen LogP contribution in [-0.4, -0.2) is 34.4 Å². The van der Waals surface area contributed by atoms with Gasteiger partial charge in [-0.1, -0.05) is 0 Å². The van der Waals surface area contributed by atoms with Gasteiger partial charge < -0.3 is 10.7 Å². The number of aliphatic imine (C=N–C) groups is 1. The topological polar surface area (TPSA) is 82.3 Å². The van der Waals surface area contributed by atoms with Crippen LogP contribution < -0.4 is 11.2 Å². The summed E-state index contributed by atoms with van der Waals surface area (Å²) in [5.74, 6) is 0.430. The van der Waals surface area contributed by atoms with Crippen LogP contribution in [0.15, 0.2) is 15.5 Å². The molecule has 0 spiro atoms. The first-order valence-corrected chi connectivity index (χ1v) is 6.42. The second-order valence-electron chi connectivity index (χ2n) is 4.20. The third kappa shape index (κ3) is 1.80. The van der Waals surface area contributed by atoms with Gasteiger partial charge in [0.05, 0.1) is 29.8 Å². The van der Waals surface area contributed by atoms with E-state index in [2.05, 4.69) is 36.3 Å². The second kappa shape index (κ2) is 4.16. The standard InChI is InChI=1S/C11H13BrN6/c1-6-9(17-18-3-2-14-5-18)7(12)4-8-10(6)16-11(13)15-8/h4-5,17H,2-3H2,1H3,(H3,13,15,16). The number of nitrogens with two attached hydrogens (primary N) is 1. The number of H-pyrrole nitrogens is 1. The van der Waals surface area contributed by atoms with Crippen molar-refractivity contribution in [3.05, 3.63) is 16.1 Å². The van der Waals surface area contributed by atoms with E-state index in [0.29, 0.717) is 5.95 Å². The maximum atomic E-state index is 5.69. The third-order valence-corrected chi connectivity index (χ3v) is 3.57. The molecule has 0 bridgehead atoms. The molecule has 0 fully saturated rings. The lowest BCUT2D eigenvalue weighted by Crippen LogP contribution is -2.27. The number of nitrogen functional groups attached to an aromatic ring is 1. The van der Waals surface area contributed by atoms with Crippen molar-refractivity contribution in [1.29, 1.82) is 0 Å². The van der Waals surface area contributed by atoms with Crippen molar-refractivity contribution >= 4 is 44.9 Å². The number of fused-ring (bicyclic) bond motifs is 1. The van der Waals surface area contributed by atoms with E-state index < -0.39 is 0 Å². The van der Waals surface area contributed by atoms with Gasteiger partial charge in [-0.05, 0) is 28.9 Å². The molecule has 0 radical (unpaired) electrons. The number of rotatable bonds is 2. The maximum absolute atomic E-state index is 5.69. The number of nitrogens with zero attached hydrogens (tertiary/aromatic N) is 3. The first-order valence-electron chi connectivity index (χ1n) is 5.62. The fourth-order valence-electron chi connectivity index (χ4n) is 2.04. The third-order valence-electron chi connectivity index (χ3n) is 2.95. The van der Waals surface area contributed by atoms with Crippen molar-refractivity contribution in [3.8, 4) is 0 Å². The first kappa shape index (κ1) is 11.3. The molecular weight excluding hydrogens is 296 g/mol. The van der Waals surface area contributed by atoms with E-state index in [9.17, 15) is 0 Å². The molecule has 0 atom stereocenters. The van der Waals surface area contributed by atoms with E-state index in [1.165, 1.54) is 0 Å². The normalized spacial score (nSPS) is 14.7. The summed E-state index contributed by atoms with van der Waals surface area (Å²) in [6.45, 7) is 3.72. The number of aryl methyl sites for hydroxylation is 1. The molecule has 18 heavy (non-hydrogen) atoms. The Kier molecular flexibility index (Phi) is 2.62. The lowest BCUT2D eigenvalue weighted by molar-refractivity contribution is 0.556. The molecular formula is C11H13BrN6. The highest BCUT2D eigenvalue weighted by atomic mass is 79.9. The van der Waals surface area contributed by atoms with Crippen molar-refractivity contribution in [1.82, 2.24) is 15.0 Å². The molecule has 7 heteroatoms.